The maximum atomic E-state index is 5.41. The Labute approximate surface area is 136 Å². The number of benzene rings is 1. The van der Waals surface area contributed by atoms with Crippen LogP contribution in [0.15, 0.2) is 35.3 Å². The van der Waals surface area contributed by atoms with Crippen molar-refractivity contribution in [3.05, 3.63) is 52.8 Å². The lowest BCUT2D eigenvalue weighted by Crippen LogP contribution is -2.35. The van der Waals surface area contributed by atoms with E-state index in [-0.39, 0.29) is 0 Å². The minimum atomic E-state index is 0.819. The summed E-state index contributed by atoms with van der Waals surface area (Å²) < 4.78 is 7.38. The van der Waals surface area contributed by atoms with Crippen LogP contribution in [0.5, 0.6) is 0 Å². The third kappa shape index (κ3) is 2.94. The van der Waals surface area contributed by atoms with Crippen molar-refractivity contribution in [2.24, 2.45) is 12.0 Å². The lowest BCUT2D eigenvalue weighted by atomic mass is 9.96. The Morgan fingerprint density at radius 1 is 1.17 bits per heavy atom. The van der Waals surface area contributed by atoms with E-state index in [9.17, 15) is 0 Å². The average Bonchev–Trinajstić information content (AvgIpc) is 2.95. The fourth-order valence-electron chi connectivity index (χ4n) is 3.38. The maximum Gasteiger partial charge on any atom is 0.0902 e. The number of hydrogen-bond donors (Lipinski definition) is 0. The summed E-state index contributed by atoms with van der Waals surface area (Å²) >= 11 is 0. The van der Waals surface area contributed by atoms with E-state index in [1.807, 2.05) is 11.7 Å². The Hall–Kier alpha value is -1.98. The van der Waals surface area contributed by atoms with Crippen LogP contribution >= 0.6 is 0 Å². The van der Waals surface area contributed by atoms with Crippen molar-refractivity contribution >= 4 is 5.71 Å². The van der Waals surface area contributed by atoms with Gasteiger partial charge in [-0.25, -0.2) is 0 Å². The molecule has 5 nitrogen and oxygen atoms in total. The zero-order valence-corrected chi connectivity index (χ0v) is 13.5. The van der Waals surface area contributed by atoms with E-state index in [0.717, 1.165) is 62.9 Å². The molecule has 23 heavy (non-hydrogen) atoms. The smallest absolute Gasteiger partial charge is 0.0902 e. The van der Waals surface area contributed by atoms with Crippen molar-refractivity contribution in [2.45, 2.75) is 13.0 Å². The Balaban J connectivity index is 1.61. The first kappa shape index (κ1) is 14.6. The molecule has 2 aliphatic rings. The van der Waals surface area contributed by atoms with Crippen LogP contribution in [-0.4, -0.2) is 53.2 Å². The first-order valence-electron chi connectivity index (χ1n) is 8.27. The molecule has 1 fully saturated rings. The third-order valence-corrected chi connectivity index (χ3v) is 4.59. The highest BCUT2D eigenvalue weighted by atomic mass is 16.5. The molecule has 0 spiro atoms. The number of aromatic nitrogens is 2. The number of fused-ring (bicyclic) bond motifs is 1. The van der Waals surface area contributed by atoms with E-state index in [2.05, 4.69) is 35.2 Å². The summed E-state index contributed by atoms with van der Waals surface area (Å²) in [6, 6.07) is 10.8. The highest BCUT2D eigenvalue weighted by molar-refractivity contribution is 6.13. The van der Waals surface area contributed by atoms with Gasteiger partial charge in [-0.15, -0.1) is 0 Å². The number of ether oxygens (including phenoxy) is 1. The van der Waals surface area contributed by atoms with Gasteiger partial charge >= 0.3 is 0 Å². The Morgan fingerprint density at radius 3 is 2.87 bits per heavy atom. The van der Waals surface area contributed by atoms with Crippen molar-refractivity contribution in [1.29, 1.82) is 0 Å². The molecule has 0 aliphatic carbocycles. The molecule has 0 atom stereocenters. The normalized spacial score (nSPS) is 18.6. The van der Waals surface area contributed by atoms with E-state index in [0.29, 0.717) is 0 Å². The molecule has 120 valence electrons. The Kier molecular flexibility index (Phi) is 3.97. The van der Waals surface area contributed by atoms with Crippen molar-refractivity contribution in [2.75, 3.05) is 32.8 Å². The van der Waals surface area contributed by atoms with Gasteiger partial charge in [0.2, 0.25) is 0 Å². The first-order valence-corrected chi connectivity index (χ1v) is 8.27. The third-order valence-electron chi connectivity index (χ3n) is 4.59. The van der Waals surface area contributed by atoms with Gasteiger partial charge in [0.15, 0.2) is 0 Å². The van der Waals surface area contributed by atoms with Gasteiger partial charge in [-0.3, -0.25) is 14.6 Å². The van der Waals surface area contributed by atoms with Crippen molar-refractivity contribution in [1.82, 2.24) is 14.7 Å². The predicted octanol–water partition coefficient (Wildman–Crippen LogP) is 1.65. The van der Waals surface area contributed by atoms with Gasteiger partial charge in [-0.1, -0.05) is 24.3 Å². The second kappa shape index (κ2) is 6.26. The zero-order chi connectivity index (χ0) is 15.6. The molecule has 1 saturated heterocycles. The van der Waals surface area contributed by atoms with Crippen LogP contribution in [0.4, 0.5) is 0 Å². The summed E-state index contributed by atoms with van der Waals surface area (Å²) in [5, 5.41) is 4.71. The molecule has 0 unspecified atom stereocenters. The quantitative estimate of drug-likeness (QED) is 0.866. The molecule has 5 heteroatoms. The second-order valence-electron chi connectivity index (χ2n) is 6.17. The zero-order valence-electron chi connectivity index (χ0n) is 13.5. The predicted molar refractivity (Wildman–Crippen MR) is 90.0 cm³/mol. The Morgan fingerprint density at radius 2 is 2.00 bits per heavy atom. The molecular weight excluding hydrogens is 288 g/mol. The van der Waals surface area contributed by atoms with Crippen LogP contribution in [0, 0.1) is 0 Å². The van der Waals surface area contributed by atoms with Crippen LogP contribution in [-0.2, 0) is 24.8 Å². The van der Waals surface area contributed by atoms with Gasteiger partial charge < -0.3 is 4.74 Å². The molecule has 1 aromatic heterocycles. The number of hydrogen-bond acceptors (Lipinski definition) is 4. The monoisotopic (exact) mass is 310 g/mol. The van der Waals surface area contributed by atoms with E-state index >= 15 is 0 Å². The second-order valence-corrected chi connectivity index (χ2v) is 6.17. The lowest BCUT2D eigenvalue weighted by molar-refractivity contribution is 0.0336. The SMILES string of the molecule is Cn1nc(CN2CCOCC2)cc1C1=NCCc2ccccc21. The summed E-state index contributed by atoms with van der Waals surface area (Å²) in [6.07, 6.45) is 1.03. The number of aryl methyl sites for hydroxylation is 1. The molecule has 0 bridgehead atoms. The number of aliphatic imine (C=N–C) groups is 1. The van der Waals surface area contributed by atoms with Gasteiger partial charge in [0, 0.05) is 38.8 Å². The number of nitrogens with zero attached hydrogens (tertiary/aromatic N) is 4. The molecule has 0 amide bonds. The fraction of sp³-hybridized carbons (Fsp3) is 0.444. The molecule has 2 aliphatic heterocycles. The highest BCUT2D eigenvalue weighted by Gasteiger charge is 2.20. The molecule has 1 aromatic carbocycles. The van der Waals surface area contributed by atoms with Crippen LogP contribution in [0.3, 0.4) is 0 Å². The van der Waals surface area contributed by atoms with Crippen LogP contribution < -0.4 is 0 Å². The molecule has 0 radical (unpaired) electrons. The van der Waals surface area contributed by atoms with Gasteiger partial charge in [-0.2, -0.15) is 5.10 Å². The van der Waals surface area contributed by atoms with Crippen molar-refractivity contribution in [3.8, 4) is 0 Å². The standard InChI is InChI=1S/C18H22N4O/c1-21-17(12-15(20-21)13-22-8-10-23-11-9-22)18-16-5-3-2-4-14(16)6-7-19-18/h2-5,12H,6-11,13H2,1H3. The van der Waals surface area contributed by atoms with E-state index in [4.69, 9.17) is 14.8 Å². The molecular formula is C18H22N4O. The Bertz CT molecular complexity index is 728. The summed E-state index contributed by atoms with van der Waals surface area (Å²) in [5.74, 6) is 0. The molecule has 0 N–H and O–H groups in total. The van der Waals surface area contributed by atoms with Gasteiger partial charge in [0.25, 0.3) is 0 Å². The topological polar surface area (TPSA) is 42.7 Å². The van der Waals surface area contributed by atoms with Crippen molar-refractivity contribution in [3.63, 3.8) is 0 Å². The number of rotatable bonds is 3. The molecule has 3 heterocycles. The fourth-order valence-corrected chi connectivity index (χ4v) is 3.38. The average molecular weight is 310 g/mol. The lowest BCUT2D eigenvalue weighted by Gasteiger charge is -2.25. The molecule has 2 aromatic rings. The van der Waals surface area contributed by atoms with Crippen LogP contribution in [0.2, 0.25) is 0 Å². The summed E-state index contributed by atoms with van der Waals surface area (Å²) in [6.45, 7) is 5.34. The largest absolute Gasteiger partial charge is 0.379 e. The highest BCUT2D eigenvalue weighted by Crippen LogP contribution is 2.21. The summed E-state index contributed by atoms with van der Waals surface area (Å²) in [4.78, 5) is 7.18. The van der Waals surface area contributed by atoms with E-state index in [1.54, 1.807) is 0 Å². The summed E-state index contributed by atoms with van der Waals surface area (Å²) in [7, 11) is 2.01. The minimum Gasteiger partial charge on any atom is -0.379 e. The minimum absolute atomic E-state index is 0.819. The molecule has 0 saturated carbocycles. The van der Waals surface area contributed by atoms with Gasteiger partial charge in [-0.05, 0) is 18.1 Å². The van der Waals surface area contributed by atoms with Gasteiger partial charge in [0.05, 0.1) is 30.3 Å². The molecule has 4 rings (SSSR count). The van der Waals surface area contributed by atoms with Crippen LogP contribution in [0.1, 0.15) is 22.5 Å². The van der Waals surface area contributed by atoms with Gasteiger partial charge in [0.1, 0.15) is 0 Å². The maximum absolute atomic E-state index is 5.41. The van der Waals surface area contributed by atoms with E-state index < -0.39 is 0 Å². The van der Waals surface area contributed by atoms with E-state index in [1.165, 1.54) is 11.1 Å². The van der Waals surface area contributed by atoms with Crippen LogP contribution in [0.25, 0.3) is 0 Å². The number of morpholine rings is 1. The first-order chi connectivity index (χ1) is 11.3. The summed E-state index contributed by atoms with van der Waals surface area (Å²) in [5.41, 5.74) is 5.93. The van der Waals surface area contributed by atoms with Crippen molar-refractivity contribution < 1.29 is 4.74 Å².